The number of nitrogens with two attached hydrogens (primary N) is 1. The predicted molar refractivity (Wildman–Crippen MR) is 141 cm³/mol. The van der Waals surface area contributed by atoms with Gasteiger partial charge in [0.15, 0.2) is 0 Å². The van der Waals surface area contributed by atoms with Crippen molar-refractivity contribution in [3.05, 3.63) is 52.9 Å². The van der Waals surface area contributed by atoms with Crippen LogP contribution >= 0.6 is 15.9 Å². The number of aromatic carboxylic acids is 1. The van der Waals surface area contributed by atoms with Crippen molar-refractivity contribution in [2.24, 2.45) is 5.92 Å². The standard InChI is InChI=1S/C25H24BrN7O4/c1-12-8-17(24(35)31-19-5-3-4-18(26)30-19)33(13(12)2)20(34)10-32-16-9-14(25(36)37)6-7-15(16)21-22(27)28-11-29-23(21)32/h3-7,9,11-13,17H,8,10H2,1-2H3,(H,36,37)(H2,27,28,29)(H,30,31,35)/t12-,13-,17+/m1/s1. The van der Waals surface area contributed by atoms with Crippen LogP contribution in [0.5, 0.6) is 0 Å². The number of carboxylic acid groups (broad SMARTS) is 1. The molecule has 3 aromatic heterocycles. The van der Waals surface area contributed by atoms with Gasteiger partial charge in [-0.2, -0.15) is 0 Å². The number of nitrogens with zero attached hydrogens (tertiary/aromatic N) is 5. The second-order valence-corrected chi connectivity index (χ2v) is 10.00. The Balaban J connectivity index is 1.52. The van der Waals surface area contributed by atoms with E-state index in [0.717, 1.165) is 0 Å². The molecule has 4 aromatic rings. The molecule has 0 radical (unpaired) electrons. The molecule has 1 saturated heterocycles. The molecule has 3 atom stereocenters. The first kappa shape index (κ1) is 24.6. The lowest BCUT2D eigenvalue weighted by Crippen LogP contribution is -2.47. The normalized spacial score (nSPS) is 19.4. The molecule has 0 saturated carbocycles. The lowest BCUT2D eigenvalue weighted by Gasteiger charge is -2.29. The monoisotopic (exact) mass is 565 g/mol. The molecular formula is C25H24BrN7O4. The molecule has 2 amide bonds. The molecule has 1 fully saturated rings. The van der Waals surface area contributed by atoms with E-state index in [1.54, 1.807) is 33.7 Å². The molecule has 190 valence electrons. The van der Waals surface area contributed by atoms with Crippen molar-refractivity contribution < 1.29 is 19.5 Å². The first-order chi connectivity index (χ1) is 17.7. The zero-order chi connectivity index (χ0) is 26.4. The number of aromatic nitrogens is 4. The number of fused-ring (bicyclic) bond motifs is 3. The highest BCUT2D eigenvalue weighted by Gasteiger charge is 2.43. The number of hydrogen-bond acceptors (Lipinski definition) is 7. The Labute approximate surface area is 219 Å². The summed E-state index contributed by atoms with van der Waals surface area (Å²) in [7, 11) is 0. The molecule has 37 heavy (non-hydrogen) atoms. The summed E-state index contributed by atoms with van der Waals surface area (Å²) >= 11 is 3.30. The third-order valence-electron chi connectivity index (χ3n) is 6.96. The third kappa shape index (κ3) is 4.37. The zero-order valence-corrected chi connectivity index (χ0v) is 21.6. The van der Waals surface area contributed by atoms with Crippen molar-refractivity contribution >= 4 is 67.3 Å². The molecule has 0 unspecified atom stereocenters. The number of amides is 2. The van der Waals surface area contributed by atoms with Crippen molar-refractivity contribution in [2.45, 2.75) is 38.9 Å². The highest BCUT2D eigenvalue weighted by molar-refractivity contribution is 9.10. The van der Waals surface area contributed by atoms with Gasteiger partial charge in [-0.3, -0.25) is 9.59 Å². The van der Waals surface area contributed by atoms with Gasteiger partial charge in [-0.25, -0.2) is 19.7 Å². The summed E-state index contributed by atoms with van der Waals surface area (Å²) in [5.74, 6) is -1.01. The second kappa shape index (κ2) is 9.43. The predicted octanol–water partition coefficient (Wildman–Crippen LogP) is 3.29. The second-order valence-electron chi connectivity index (χ2n) is 9.19. The van der Waals surface area contributed by atoms with Gasteiger partial charge in [0, 0.05) is 11.4 Å². The summed E-state index contributed by atoms with van der Waals surface area (Å²) in [4.78, 5) is 53.0. The number of carbonyl (C=O) groups excluding carboxylic acids is 2. The lowest BCUT2D eigenvalue weighted by atomic mass is 10.0. The quantitative estimate of drug-likeness (QED) is 0.311. The van der Waals surface area contributed by atoms with Crippen LogP contribution in [0.15, 0.2) is 47.3 Å². The van der Waals surface area contributed by atoms with E-state index in [4.69, 9.17) is 5.73 Å². The number of pyridine rings is 1. The zero-order valence-electron chi connectivity index (χ0n) is 20.1. The Morgan fingerprint density at radius 3 is 2.70 bits per heavy atom. The smallest absolute Gasteiger partial charge is 0.335 e. The summed E-state index contributed by atoms with van der Waals surface area (Å²) in [6.45, 7) is 3.76. The van der Waals surface area contributed by atoms with Crippen LogP contribution in [0.3, 0.4) is 0 Å². The first-order valence-corrected chi connectivity index (χ1v) is 12.4. The number of nitrogens with one attached hydrogen (secondary N) is 1. The van der Waals surface area contributed by atoms with Crippen LogP contribution in [0.2, 0.25) is 0 Å². The van der Waals surface area contributed by atoms with Crippen molar-refractivity contribution in [1.29, 1.82) is 0 Å². The summed E-state index contributed by atoms with van der Waals surface area (Å²) in [5, 5.41) is 13.5. The maximum absolute atomic E-state index is 13.8. The first-order valence-electron chi connectivity index (χ1n) is 11.7. The van der Waals surface area contributed by atoms with Crippen molar-refractivity contribution in [2.75, 3.05) is 11.1 Å². The van der Waals surface area contributed by atoms with Gasteiger partial charge in [0.05, 0.1) is 16.5 Å². The summed E-state index contributed by atoms with van der Waals surface area (Å²) in [5.41, 5.74) is 7.11. The molecule has 5 rings (SSSR count). The van der Waals surface area contributed by atoms with Gasteiger partial charge in [0.25, 0.3) is 0 Å². The Bertz CT molecular complexity index is 1570. The SMILES string of the molecule is C[C@@H]1C[C@@H](C(=O)Nc2cccc(Br)n2)N(C(=O)Cn2c3cc(C(=O)O)ccc3c3c(N)ncnc32)[C@@H]1C. The van der Waals surface area contributed by atoms with Crippen molar-refractivity contribution in [3.63, 3.8) is 0 Å². The summed E-state index contributed by atoms with van der Waals surface area (Å²) in [6, 6.07) is 8.92. The molecule has 12 heteroatoms. The van der Waals surface area contributed by atoms with Gasteiger partial charge < -0.3 is 25.6 Å². The average Bonchev–Trinajstić information content (AvgIpc) is 3.33. The van der Waals surface area contributed by atoms with Gasteiger partial charge in [-0.1, -0.05) is 19.1 Å². The fourth-order valence-electron chi connectivity index (χ4n) is 4.99. The molecular weight excluding hydrogens is 542 g/mol. The lowest BCUT2D eigenvalue weighted by molar-refractivity contribution is -0.139. The molecule has 0 spiro atoms. The molecule has 0 aliphatic carbocycles. The van der Waals surface area contributed by atoms with Gasteiger partial charge in [0.2, 0.25) is 11.8 Å². The molecule has 1 aliphatic rings. The van der Waals surface area contributed by atoms with Crippen LogP contribution < -0.4 is 11.1 Å². The van der Waals surface area contributed by atoms with E-state index in [9.17, 15) is 19.5 Å². The van der Waals surface area contributed by atoms with E-state index < -0.39 is 12.0 Å². The molecule has 4 heterocycles. The number of carbonyl (C=O) groups is 3. The molecule has 0 bridgehead atoms. The summed E-state index contributed by atoms with van der Waals surface area (Å²) < 4.78 is 2.22. The van der Waals surface area contributed by atoms with Crippen LogP contribution in [0.25, 0.3) is 21.9 Å². The molecule has 11 nitrogen and oxygen atoms in total. The largest absolute Gasteiger partial charge is 0.478 e. The van der Waals surface area contributed by atoms with Crippen LogP contribution in [0.1, 0.15) is 30.6 Å². The fourth-order valence-corrected chi connectivity index (χ4v) is 5.33. The Hall–Kier alpha value is -4.06. The topological polar surface area (TPSA) is 156 Å². The van der Waals surface area contributed by atoms with Crippen molar-refractivity contribution in [3.8, 4) is 0 Å². The Kier molecular flexibility index (Phi) is 6.28. The number of rotatable bonds is 5. The van der Waals surface area contributed by atoms with Gasteiger partial charge in [-0.05, 0) is 59.5 Å². The van der Waals surface area contributed by atoms with Crippen LogP contribution in [0, 0.1) is 5.92 Å². The Morgan fingerprint density at radius 2 is 1.97 bits per heavy atom. The highest BCUT2D eigenvalue weighted by atomic mass is 79.9. The van der Waals surface area contributed by atoms with E-state index in [1.165, 1.54) is 18.5 Å². The maximum atomic E-state index is 13.8. The van der Waals surface area contributed by atoms with E-state index in [-0.39, 0.29) is 41.7 Å². The Morgan fingerprint density at radius 1 is 1.19 bits per heavy atom. The number of halogens is 1. The number of nitrogen functional groups attached to an aromatic ring is 1. The van der Waals surface area contributed by atoms with Crippen LogP contribution in [-0.2, 0) is 16.1 Å². The number of hydrogen-bond donors (Lipinski definition) is 3. The van der Waals surface area contributed by atoms with Gasteiger partial charge in [0.1, 0.15) is 40.8 Å². The number of carboxylic acids is 1. The number of anilines is 2. The van der Waals surface area contributed by atoms with E-state index in [0.29, 0.717) is 38.8 Å². The minimum absolute atomic E-state index is 0.0671. The van der Waals surface area contributed by atoms with Gasteiger partial charge >= 0.3 is 5.97 Å². The van der Waals surface area contributed by atoms with E-state index in [1.807, 2.05) is 13.8 Å². The van der Waals surface area contributed by atoms with E-state index >= 15 is 0 Å². The number of likely N-dealkylation sites (tertiary alicyclic amines) is 1. The number of benzene rings is 1. The van der Waals surface area contributed by atoms with Gasteiger partial charge in [-0.15, -0.1) is 0 Å². The third-order valence-corrected chi connectivity index (χ3v) is 7.40. The highest BCUT2D eigenvalue weighted by Crippen LogP contribution is 2.34. The van der Waals surface area contributed by atoms with E-state index in [2.05, 4.69) is 36.2 Å². The summed E-state index contributed by atoms with van der Waals surface area (Å²) in [6.07, 6.45) is 1.80. The van der Waals surface area contributed by atoms with Crippen LogP contribution in [-0.4, -0.2) is 59.4 Å². The maximum Gasteiger partial charge on any atom is 0.335 e. The fraction of sp³-hybridized carbons (Fsp3) is 0.280. The van der Waals surface area contributed by atoms with Crippen LogP contribution in [0.4, 0.5) is 11.6 Å². The van der Waals surface area contributed by atoms with Crippen molar-refractivity contribution in [1.82, 2.24) is 24.4 Å². The minimum atomic E-state index is -1.09. The average molecular weight is 566 g/mol. The minimum Gasteiger partial charge on any atom is -0.478 e. The molecule has 1 aliphatic heterocycles. The molecule has 1 aromatic carbocycles. The molecule has 4 N–H and O–H groups in total.